The summed E-state index contributed by atoms with van der Waals surface area (Å²) in [6, 6.07) is 7.07. The van der Waals surface area contributed by atoms with Crippen molar-refractivity contribution in [3.8, 4) is 11.5 Å². The summed E-state index contributed by atoms with van der Waals surface area (Å²) < 4.78 is 45.9. The van der Waals surface area contributed by atoms with Gasteiger partial charge in [-0.2, -0.15) is 13.2 Å². The first kappa shape index (κ1) is 27.3. The third-order valence-corrected chi connectivity index (χ3v) is 9.71. The number of carbonyl (C=O) groups is 1. The maximum Gasteiger partial charge on any atom is 0.416 e. The zero-order valence-corrected chi connectivity index (χ0v) is 22.4. The molecule has 0 radical (unpaired) electrons. The lowest BCUT2D eigenvalue weighted by Crippen LogP contribution is -2.80. The SMILES string of the molecule is C=CCN1CC[C@]23c4c5ccc(O)c4OC2C(N(C)C(=O)/C=C/c2cccc(C(F)(F)F)c2)CC[C@@]3([N+](=O)[O-])[C@H]1C5. The number of carbonyl (C=O) groups excluding carboxylic acids is 1. The summed E-state index contributed by atoms with van der Waals surface area (Å²) in [6.45, 7) is 4.92. The van der Waals surface area contributed by atoms with E-state index < -0.39 is 46.8 Å². The molecule has 2 aromatic rings. The molecule has 1 spiro atoms. The van der Waals surface area contributed by atoms with Crippen LogP contribution in [0.15, 0.2) is 55.1 Å². The molecule has 2 aliphatic heterocycles. The van der Waals surface area contributed by atoms with E-state index in [2.05, 4.69) is 11.5 Å². The van der Waals surface area contributed by atoms with E-state index in [1.54, 1.807) is 19.2 Å². The Hall–Kier alpha value is -3.86. The van der Waals surface area contributed by atoms with Gasteiger partial charge in [0.1, 0.15) is 11.5 Å². The van der Waals surface area contributed by atoms with E-state index >= 15 is 0 Å². The van der Waals surface area contributed by atoms with Crippen molar-refractivity contribution in [2.45, 2.75) is 61.0 Å². The number of likely N-dealkylation sites (N-methyl/N-ethyl adjacent to an activating group) is 1. The minimum Gasteiger partial charge on any atom is -0.504 e. The van der Waals surface area contributed by atoms with Crippen molar-refractivity contribution >= 4 is 12.0 Å². The Labute approximate surface area is 234 Å². The molecular formula is C30H30F3N3O5. The van der Waals surface area contributed by atoms with Crippen molar-refractivity contribution in [3.05, 3.63) is 87.5 Å². The number of rotatable bonds is 6. The molecule has 1 N–H and O–H groups in total. The van der Waals surface area contributed by atoms with Crippen molar-refractivity contribution in [3.63, 3.8) is 0 Å². The van der Waals surface area contributed by atoms with Crippen molar-refractivity contribution in [1.82, 2.24) is 9.80 Å². The standard InChI is InChI=1S/C30H30F3N3O5/c1-3-14-35-15-13-28-25-19-8-9-22(37)26(25)41-27(28)21(11-12-29(28,36(39)40)23(35)17-19)34(2)24(38)10-7-18-5-4-6-20(16-18)30(31,32)33/h3-10,16,21,23,27,37H,1,11-15,17H2,2H3/b10-7+/t21?,23-,27?,28+,29-/m1/s1. The Morgan fingerprint density at radius 1 is 1.32 bits per heavy atom. The van der Waals surface area contributed by atoms with Gasteiger partial charge in [0.15, 0.2) is 11.5 Å². The predicted molar refractivity (Wildman–Crippen MR) is 144 cm³/mol. The lowest BCUT2D eigenvalue weighted by Gasteiger charge is -2.61. The molecule has 2 aromatic carbocycles. The highest BCUT2D eigenvalue weighted by Gasteiger charge is 2.80. The average molecular weight is 570 g/mol. The quantitative estimate of drug-likeness (QED) is 0.237. The number of hydrogen-bond acceptors (Lipinski definition) is 6. The van der Waals surface area contributed by atoms with E-state index in [9.17, 15) is 33.2 Å². The van der Waals surface area contributed by atoms with E-state index in [1.807, 2.05) is 6.07 Å². The molecule has 2 bridgehead atoms. The Kier molecular flexibility index (Phi) is 6.22. The predicted octanol–water partition coefficient (Wildman–Crippen LogP) is 4.58. The number of phenolic OH excluding ortho intramolecular Hbond substituents is 1. The number of phenols is 1. The van der Waals surface area contributed by atoms with Gasteiger partial charge in [0.2, 0.25) is 5.91 Å². The van der Waals surface area contributed by atoms with Crippen LogP contribution in [0.3, 0.4) is 0 Å². The summed E-state index contributed by atoms with van der Waals surface area (Å²) >= 11 is 0. The maximum absolute atomic E-state index is 13.4. The van der Waals surface area contributed by atoms with Crippen LogP contribution in [-0.2, 0) is 22.8 Å². The molecule has 5 atom stereocenters. The van der Waals surface area contributed by atoms with Gasteiger partial charge in [-0.15, -0.1) is 6.58 Å². The molecule has 2 unspecified atom stereocenters. The second-order valence-corrected chi connectivity index (χ2v) is 11.4. The molecule has 8 nitrogen and oxygen atoms in total. The molecule has 1 amide bonds. The van der Waals surface area contributed by atoms with Crippen LogP contribution >= 0.6 is 0 Å². The summed E-state index contributed by atoms with van der Waals surface area (Å²) in [5, 5.41) is 24.0. The Bertz CT molecular complexity index is 1480. The first-order chi connectivity index (χ1) is 19.5. The van der Waals surface area contributed by atoms with Crippen LogP contribution in [0.2, 0.25) is 0 Å². The molecule has 1 saturated heterocycles. The summed E-state index contributed by atoms with van der Waals surface area (Å²) in [4.78, 5) is 30.0. The van der Waals surface area contributed by atoms with Crippen LogP contribution in [0.1, 0.15) is 41.5 Å². The van der Waals surface area contributed by atoms with Crippen LogP contribution in [0.4, 0.5) is 13.2 Å². The highest BCUT2D eigenvalue weighted by atomic mass is 19.4. The number of nitrogens with zero attached hydrogens (tertiary/aromatic N) is 3. The van der Waals surface area contributed by atoms with Gasteiger partial charge in [0, 0.05) is 43.1 Å². The second-order valence-electron chi connectivity index (χ2n) is 11.4. The maximum atomic E-state index is 13.4. The largest absolute Gasteiger partial charge is 0.504 e. The van der Waals surface area contributed by atoms with Gasteiger partial charge >= 0.3 is 6.18 Å². The smallest absolute Gasteiger partial charge is 0.416 e. The van der Waals surface area contributed by atoms with Crippen molar-refractivity contribution in [2.24, 2.45) is 0 Å². The number of ether oxygens (including phenoxy) is 1. The number of benzene rings is 2. The third-order valence-electron chi connectivity index (χ3n) is 9.71. The number of nitro groups is 1. The lowest BCUT2D eigenvalue weighted by molar-refractivity contribution is -0.605. The van der Waals surface area contributed by atoms with E-state index in [1.165, 1.54) is 29.2 Å². The number of amides is 1. The third kappa shape index (κ3) is 3.74. The van der Waals surface area contributed by atoms with Gasteiger partial charge in [0.05, 0.1) is 17.6 Å². The van der Waals surface area contributed by atoms with Crippen LogP contribution < -0.4 is 4.74 Å². The molecule has 2 aliphatic carbocycles. The van der Waals surface area contributed by atoms with Crippen molar-refractivity contribution in [2.75, 3.05) is 20.1 Å². The van der Waals surface area contributed by atoms with E-state index in [0.29, 0.717) is 31.5 Å². The van der Waals surface area contributed by atoms with Crippen molar-refractivity contribution in [1.29, 1.82) is 0 Å². The second kappa shape index (κ2) is 9.34. The van der Waals surface area contributed by atoms with E-state index in [4.69, 9.17) is 4.74 Å². The normalized spacial score (nSPS) is 30.0. The van der Waals surface area contributed by atoms with Gasteiger partial charge in [-0.25, -0.2) is 0 Å². The molecule has 1 saturated carbocycles. The number of likely N-dealkylation sites (tertiary alicyclic amines) is 1. The molecular weight excluding hydrogens is 539 g/mol. The van der Waals surface area contributed by atoms with E-state index in [0.717, 1.165) is 17.7 Å². The molecule has 216 valence electrons. The summed E-state index contributed by atoms with van der Waals surface area (Å²) in [6.07, 6.45) is 0.336. The number of alkyl halides is 3. The highest BCUT2D eigenvalue weighted by molar-refractivity contribution is 5.92. The first-order valence-electron chi connectivity index (χ1n) is 13.6. The van der Waals surface area contributed by atoms with Crippen LogP contribution in [0, 0.1) is 10.1 Å². The zero-order valence-electron chi connectivity index (χ0n) is 22.4. The molecule has 4 aliphatic rings. The van der Waals surface area contributed by atoms with Gasteiger partial charge in [-0.1, -0.05) is 24.3 Å². The molecule has 0 aromatic heterocycles. The van der Waals surface area contributed by atoms with Gasteiger partial charge < -0.3 is 14.7 Å². The number of piperidine rings is 1. The van der Waals surface area contributed by atoms with Crippen LogP contribution in [0.25, 0.3) is 6.08 Å². The fourth-order valence-electron chi connectivity index (χ4n) is 8.03. The van der Waals surface area contributed by atoms with Gasteiger partial charge in [-0.05, 0) is 54.7 Å². The monoisotopic (exact) mass is 569 g/mol. The first-order valence-corrected chi connectivity index (χ1v) is 13.6. The highest BCUT2D eigenvalue weighted by Crippen LogP contribution is 2.66. The minimum atomic E-state index is -4.51. The van der Waals surface area contributed by atoms with Gasteiger partial charge in [0.25, 0.3) is 5.54 Å². The summed E-state index contributed by atoms with van der Waals surface area (Å²) in [7, 11) is 1.58. The summed E-state index contributed by atoms with van der Waals surface area (Å²) in [5.74, 6) is -0.298. The Morgan fingerprint density at radius 2 is 2.10 bits per heavy atom. The Morgan fingerprint density at radius 3 is 2.80 bits per heavy atom. The number of aromatic hydroxyl groups is 1. The lowest BCUT2D eigenvalue weighted by atomic mass is 9.46. The van der Waals surface area contributed by atoms with E-state index in [-0.39, 0.29) is 34.8 Å². The summed E-state index contributed by atoms with van der Waals surface area (Å²) in [5.41, 5.74) is -1.47. The molecule has 6 rings (SSSR count). The minimum absolute atomic E-state index is 0.0890. The fourth-order valence-corrected chi connectivity index (χ4v) is 8.03. The number of halogens is 3. The fraction of sp³-hybridized carbons (Fsp3) is 0.433. The zero-order chi connectivity index (χ0) is 29.3. The van der Waals surface area contributed by atoms with Crippen LogP contribution in [0.5, 0.6) is 11.5 Å². The Balaban J connectivity index is 1.38. The molecule has 11 heteroatoms. The molecule has 2 fully saturated rings. The molecule has 2 heterocycles. The van der Waals surface area contributed by atoms with Crippen molar-refractivity contribution < 1.29 is 32.7 Å². The average Bonchev–Trinajstić information content (AvgIpc) is 3.29. The van der Waals surface area contributed by atoms with Gasteiger partial charge in [-0.3, -0.25) is 19.8 Å². The van der Waals surface area contributed by atoms with Crippen LogP contribution in [-0.4, -0.2) is 69.6 Å². The topological polar surface area (TPSA) is 96.2 Å². The number of hydrogen-bond donors (Lipinski definition) is 1. The molecule has 41 heavy (non-hydrogen) atoms.